The molecule has 0 unspecified atom stereocenters. The van der Waals surface area contributed by atoms with Crippen LogP contribution in [0.2, 0.25) is 0 Å². The van der Waals surface area contributed by atoms with Gasteiger partial charge >= 0.3 is 0 Å². The van der Waals surface area contributed by atoms with Gasteiger partial charge in [0.05, 0.1) is 10.6 Å². The third-order valence-corrected chi connectivity index (χ3v) is 3.88. The van der Waals surface area contributed by atoms with Gasteiger partial charge in [-0.05, 0) is 42.1 Å². The molecule has 3 rings (SSSR count). The van der Waals surface area contributed by atoms with Crippen molar-refractivity contribution >= 4 is 34.6 Å². The Kier molecular flexibility index (Phi) is 3.53. The van der Waals surface area contributed by atoms with Crippen LogP contribution in [0.15, 0.2) is 52.5 Å². The summed E-state index contributed by atoms with van der Waals surface area (Å²) < 4.78 is 1.94. The maximum Gasteiger partial charge on any atom is 0.264 e. The Morgan fingerprint density at radius 1 is 1.33 bits per heavy atom. The van der Waals surface area contributed by atoms with Gasteiger partial charge in [-0.3, -0.25) is 4.79 Å². The van der Waals surface area contributed by atoms with Crippen molar-refractivity contribution in [3.63, 3.8) is 0 Å². The molecular formula is C15H13N3O2S. The zero-order valence-corrected chi connectivity index (χ0v) is 12.1. The number of rotatable bonds is 2. The summed E-state index contributed by atoms with van der Waals surface area (Å²) in [4.78, 5) is 16.8. The first kappa shape index (κ1) is 13.5. The van der Waals surface area contributed by atoms with Gasteiger partial charge in [-0.15, -0.1) is 0 Å². The van der Waals surface area contributed by atoms with Gasteiger partial charge in [-0.25, -0.2) is 4.99 Å². The summed E-state index contributed by atoms with van der Waals surface area (Å²) in [5.74, 6) is -0.0224. The lowest BCUT2D eigenvalue weighted by molar-refractivity contribution is -0.115. The van der Waals surface area contributed by atoms with E-state index in [4.69, 9.17) is 0 Å². The normalized spacial score (nSPS) is 18.4. The molecule has 0 spiro atoms. The molecule has 1 aliphatic rings. The Labute approximate surface area is 126 Å². The van der Waals surface area contributed by atoms with Crippen LogP contribution in [0.25, 0.3) is 6.08 Å². The van der Waals surface area contributed by atoms with Gasteiger partial charge in [0, 0.05) is 25.0 Å². The summed E-state index contributed by atoms with van der Waals surface area (Å²) in [6, 6.07) is 10.4. The van der Waals surface area contributed by atoms with Crippen LogP contribution in [0.3, 0.4) is 0 Å². The van der Waals surface area contributed by atoms with Crippen molar-refractivity contribution < 1.29 is 9.90 Å². The average Bonchev–Trinajstić information content (AvgIpc) is 2.98. The van der Waals surface area contributed by atoms with Crippen LogP contribution in [0.5, 0.6) is 5.75 Å². The molecule has 2 aromatic rings. The number of nitrogens with zero attached hydrogens (tertiary/aromatic N) is 2. The quantitative estimate of drug-likeness (QED) is 0.838. The first-order valence-electron chi connectivity index (χ1n) is 6.32. The summed E-state index contributed by atoms with van der Waals surface area (Å²) in [6.07, 6.45) is 3.75. The molecule has 1 amide bonds. The lowest BCUT2D eigenvalue weighted by Gasteiger charge is -1.97. The number of hydrogen-bond donors (Lipinski definition) is 2. The molecule has 1 saturated heterocycles. The van der Waals surface area contributed by atoms with Crippen molar-refractivity contribution in [2.45, 2.75) is 0 Å². The molecule has 21 heavy (non-hydrogen) atoms. The number of aryl methyl sites for hydroxylation is 1. The van der Waals surface area contributed by atoms with Crippen molar-refractivity contribution in [1.29, 1.82) is 0 Å². The Morgan fingerprint density at radius 3 is 2.90 bits per heavy atom. The molecule has 1 aromatic heterocycles. The number of phenols is 1. The number of hydrogen-bond acceptors (Lipinski definition) is 4. The molecule has 1 aliphatic heterocycles. The molecule has 1 aromatic carbocycles. The number of phenolic OH excluding ortho intramolecular Hbond substituents is 1. The average molecular weight is 299 g/mol. The van der Waals surface area contributed by atoms with Crippen molar-refractivity contribution in [2.75, 3.05) is 0 Å². The van der Waals surface area contributed by atoms with E-state index in [2.05, 4.69) is 10.3 Å². The van der Waals surface area contributed by atoms with Crippen molar-refractivity contribution in [2.24, 2.45) is 12.0 Å². The van der Waals surface area contributed by atoms with Gasteiger partial charge in [0.1, 0.15) is 5.75 Å². The second-order valence-corrected chi connectivity index (χ2v) is 5.58. The summed E-state index contributed by atoms with van der Waals surface area (Å²) in [5.41, 5.74) is 1.55. The van der Waals surface area contributed by atoms with Gasteiger partial charge in [0.2, 0.25) is 0 Å². The minimum atomic E-state index is -0.167. The van der Waals surface area contributed by atoms with Gasteiger partial charge in [0.15, 0.2) is 5.17 Å². The number of nitrogens with one attached hydrogen (secondary N) is 1. The molecule has 5 nitrogen and oxygen atoms in total. The third kappa shape index (κ3) is 3.00. The Balaban J connectivity index is 1.85. The number of thioether (sulfide) groups is 1. The van der Waals surface area contributed by atoms with Crippen LogP contribution in [-0.2, 0) is 11.8 Å². The lowest BCUT2D eigenvalue weighted by atomic mass is 10.3. The lowest BCUT2D eigenvalue weighted by Crippen LogP contribution is -2.19. The number of aromatic hydroxyl groups is 1. The highest BCUT2D eigenvalue weighted by atomic mass is 32.2. The molecule has 0 radical (unpaired) electrons. The minimum Gasteiger partial charge on any atom is -0.508 e. The van der Waals surface area contributed by atoms with Crippen molar-refractivity contribution in [3.05, 3.63) is 53.2 Å². The van der Waals surface area contributed by atoms with E-state index < -0.39 is 0 Å². The molecule has 6 heteroatoms. The van der Waals surface area contributed by atoms with E-state index in [-0.39, 0.29) is 11.7 Å². The van der Waals surface area contributed by atoms with Crippen LogP contribution >= 0.6 is 11.8 Å². The van der Waals surface area contributed by atoms with E-state index >= 15 is 0 Å². The monoisotopic (exact) mass is 299 g/mol. The Bertz CT molecular complexity index is 762. The molecule has 0 aliphatic carbocycles. The molecule has 2 heterocycles. The van der Waals surface area contributed by atoms with Gasteiger partial charge in [-0.2, -0.15) is 0 Å². The molecule has 0 bridgehead atoms. The van der Waals surface area contributed by atoms with Gasteiger partial charge in [-0.1, -0.05) is 6.07 Å². The summed E-state index contributed by atoms with van der Waals surface area (Å²) in [6.45, 7) is 0. The molecule has 106 valence electrons. The molecule has 1 fully saturated rings. The number of carbonyl (C=O) groups is 1. The topological polar surface area (TPSA) is 66.6 Å². The van der Waals surface area contributed by atoms with Gasteiger partial charge in [0.25, 0.3) is 5.91 Å². The molecule has 0 saturated carbocycles. The standard InChI is InChI=1S/C15H13N3O2S/c1-18-7-3-5-11(18)9-13-14(20)17-15(21-13)16-10-4-2-6-12(19)8-10/h2-9,19H,1H3,(H,16,17,20)/b13-9+. The van der Waals surface area contributed by atoms with Crippen LogP contribution in [0.1, 0.15) is 5.69 Å². The highest BCUT2D eigenvalue weighted by molar-refractivity contribution is 8.18. The van der Waals surface area contributed by atoms with Crippen LogP contribution in [-0.4, -0.2) is 20.7 Å². The Hall–Kier alpha value is -2.47. The second kappa shape index (κ2) is 5.49. The minimum absolute atomic E-state index is 0.144. The van der Waals surface area contributed by atoms with Crippen molar-refractivity contribution in [1.82, 2.24) is 9.88 Å². The van der Waals surface area contributed by atoms with E-state index in [1.807, 2.05) is 36.0 Å². The molecule has 0 atom stereocenters. The second-order valence-electron chi connectivity index (χ2n) is 4.55. The fourth-order valence-electron chi connectivity index (χ4n) is 1.92. The van der Waals surface area contributed by atoms with Crippen LogP contribution in [0.4, 0.5) is 5.69 Å². The fraction of sp³-hybridized carbons (Fsp3) is 0.0667. The third-order valence-electron chi connectivity index (χ3n) is 2.97. The molecule has 2 N–H and O–H groups in total. The highest BCUT2D eigenvalue weighted by Crippen LogP contribution is 2.28. The zero-order chi connectivity index (χ0) is 14.8. The first-order valence-corrected chi connectivity index (χ1v) is 7.13. The SMILES string of the molecule is Cn1cccc1/C=C1/SC(=Nc2cccc(O)c2)NC1=O. The summed E-state index contributed by atoms with van der Waals surface area (Å²) in [5, 5.41) is 12.6. The number of amides is 1. The van der Waals surface area contributed by atoms with E-state index in [0.717, 1.165) is 5.69 Å². The van der Waals surface area contributed by atoms with E-state index in [9.17, 15) is 9.90 Å². The highest BCUT2D eigenvalue weighted by Gasteiger charge is 2.24. The predicted octanol–water partition coefficient (Wildman–Crippen LogP) is 2.62. The van der Waals surface area contributed by atoms with E-state index in [0.29, 0.717) is 15.8 Å². The van der Waals surface area contributed by atoms with Crippen LogP contribution < -0.4 is 5.32 Å². The summed E-state index contributed by atoms with van der Waals surface area (Å²) in [7, 11) is 1.92. The molecular weight excluding hydrogens is 286 g/mol. The maximum atomic E-state index is 11.9. The number of aromatic nitrogens is 1. The fourth-order valence-corrected chi connectivity index (χ4v) is 2.75. The smallest absolute Gasteiger partial charge is 0.264 e. The maximum absolute atomic E-state index is 11.9. The van der Waals surface area contributed by atoms with Gasteiger partial charge < -0.3 is 15.0 Å². The number of aliphatic imine (C=N–C) groups is 1. The number of benzene rings is 1. The van der Waals surface area contributed by atoms with Crippen molar-refractivity contribution in [3.8, 4) is 5.75 Å². The number of carbonyl (C=O) groups excluding carboxylic acids is 1. The first-order chi connectivity index (χ1) is 10.1. The largest absolute Gasteiger partial charge is 0.508 e. The van der Waals surface area contributed by atoms with Crippen LogP contribution in [0, 0.1) is 0 Å². The predicted molar refractivity (Wildman–Crippen MR) is 84.3 cm³/mol. The zero-order valence-electron chi connectivity index (χ0n) is 11.3. The number of amidine groups is 1. The van der Waals surface area contributed by atoms with E-state index in [1.165, 1.54) is 11.8 Å². The summed E-state index contributed by atoms with van der Waals surface area (Å²) >= 11 is 1.28. The van der Waals surface area contributed by atoms with E-state index in [1.54, 1.807) is 24.3 Å². The Morgan fingerprint density at radius 2 is 2.19 bits per heavy atom.